The SMILES string of the molecule is CC(C)(C)N.CC(C)(C)N1C=C(c2ccccc2)N(C(C)(C)C)P1.CC(C)(C)N=CC(=NC(C)(C)C)c1ccccc1.O=CC(=O)c1ccccc1. The zero-order valence-electron chi connectivity index (χ0n) is 34.6. The number of carbonyl (C=O) groups excluding carboxylic acids is 2. The Hall–Kier alpha value is -3.93. The molecule has 52 heavy (non-hydrogen) atoms. The summed E-state index contributed by atoms with van der Waals surface area (Å²) in [6.45, 7) is 32.1. The maximum absolute atomic E-state index is 10.6. The third kappa shape index (κ3) is 19.6. The van der Waals surface area contributed by atoms with E-state index in [1.165, 1.54) is 11.3 Å². The van der Waals surface area contributed by atoms with Gasteiger partial charge < -0.3 is 15.1 Å². The van der Waals surface area contributed by atoms with Crippen LogP contribution in [0.3, 0.4) is 0 Å². The van der Waals surface area contributed by atoms with E-state index in [0.29, 0.717) is 20.7 Å². The zero-order chi connectivity index (χ0) is 40.0. The number of nitrogens with two attached hydrogens (primary N) is 1. The highest BCUT2D eigenvalue weighted by molar-refractivity contribution is 7.33. The van der Waals surface area contributed by atoms with Crippen LogP contribution in [0.1, 0.15) is 125 Å². The van der Waals surface area contributed by atoms with Gasteiger partial charge in [-0.2, -0.15) is 0 Å². The number of hydrogen-bond acceptors (Lipinski definition) is 7. The lowest BCUT2D eigenvalue weighted by atomic mass is 10.1. The summed E-state index contributed by atoms with van der Waals surface area (Å²) >= 11 is 0. The Morgan fingerprint density at radius 2 is 1.06 bits per heavy atom. The maximum Gasteiger partial charge on any atom is 0.225 e. The molecule has 0 saturated carbocycles. The number of aldehydes is 1. The normalized spacial score (nSPS) is 14.4. The van der Waals surface area contributed by atoms with Gasteiger partial charge in [-0.05, 0) is 109 Å². The van der Waals surface area contributed by atoms with Crippen LogP contribution in [0.25, 0.3) is 5.70 Å². The molecule has 0 aromatic heterocycles. The molecule has 1 unspecified atom stereocenters. The summed E-state index contributed by atoms with van der Waals surface area (Å²) < 4.78 is 4.95. The van der Waals surface area contributed by atoms with Gasteiger partial charge in [-0.3, -0.25) is 19.6 Å². The average molecular weight is 728 g/mol. The number of ketones is 1. The number of benzene rings is 3. The van der Waals surface area contributed by atoms with Gasteiger partial charge in [-0.25, -0.2) is 0 Å². The standard InChI is InChI=1S/C16H25N2P.C16H24N2.C8H6O2.C4H11N/c1-15(2,3)17-12-14(13-10-8-7-9-11-13)18(19-17)16(4,5)6;1-15(2,3)17-12-14(18-16(4,5)6)13-10-8-7-9-11-13;9-6-8(10)7-4-2-1-3-5-7;1-4(2,3)5/h7-12,19H,1-6H3;7-12H,1-6H3;1-6H;5H2,1-3H3. The molecule has 0 aliphatic carbocycles. The fourth-order valence-electron chi connectivity index (χ4n) is 4.10. The van der Waals surface area contributed by atoms with Crippen molar-refractivity contribution in [3.05, 3.63) is 114 Å². The molecule has 0 amide bonds. The van der Waals surface area contributed by atoms with Crippen molar-refractivity contribution in [2.24, 2.45) is 15.7 Å². The summed E-state index contributed by atoms with van der Waals surface area (Å²) in [5.74, 6) is -0.472. The first-order chi connectivity index (χ1) is 23.7. The van der Waals surface area contributed by atoms with E-state index in [0.717, 1.165) is 11.3 Å². The Labute approximate surface area is 317 Å². The molecule has 2 N–H and O–H groups in total. The number of Topliss-reactive ketones (excluding diaryl/α,β-unsaturated/α-hetero) is 1. The van der Waals surface area contributed by atoms with E-state index < -0.39 is 5.78 Å². The van der Waals surface area contributed by atoms with Crippen LogP contribution >= 0.6 is 8.88 Å². The van der Waals surface area contributed by atoms with E-state index in [1.54, 1.807) is 30.3 Å². The maximum atomic E-state index is 10.6. The summed E-state index contributed by atoms with van der Waals surface area (Å²) in [7, 11) is 0.674. The van der Waals surface area contributed by atoms with Gasteiger partial charge in [0.25, 0.3) is 0 Å². The molecule has 0 fully saturated rings. The molecule has 1 aliphatic rings. The van der Waals surface area contributed by atoms with Crippen molar-refractivity contribution in [2.45, 2.75) is 132 Å². The van der Waals surface area contributed by atoms with Gasteiger partial charge in [0.05, 0.1) is 31.4 Å². The lowest BCUT2D eigenvalue weighted by Crippen LogP contribution is -2.35. The Morgan fingerprint density at radius 3 is 1.42 bits per heavy atom. The summed E-state index contributed by atoms with van der Waals surface area (Å²) in [6, 6.07) is 29.3. The van der Waals surface area contributed by atoms with Gasteiger partial charge in [-0.15, -0.1) is 0 Å². The quantitative estimate of drug-likeness (QED) is 0.0929. The second-order valence-corrected chi connectivity index (χ2v) is 18.8. The minimum absolute atomic E-state index is 0. The van der Waals surface area contributed by atoms with Crippen molar-refractivity contribution in [1.82, 2.24) is 9.34 Å². The van der Waals surface area contributed by atoms with E-state index in [4.69, 9.17) is 10.7 Å². The van der Waals surface area contributed by atoms with Crippen molar-refractivity contribution < 1.29 is 9.59 Å². The molecule has 0 saturated heterocycles. The minimum atomic E-state index is -0.472. The third-order valence-electron chi connectivity index (χ3n) is 6.43. The Bertz CT molecular complexity index is 1590. The Morgan fingerprint density at radius 1 is 0.635 bits per heavy atom. The van der Waals surface area contributed by atoms with Gasteiger partial charge in [0.2, 0.25) is 5.78 Å². The molecule has 284 valence electrons. The van der Waals surface area contributed by atoms with Crippen molar-refractivity contribution in [3.8, 4) is 0 Å². The second-order valence-electron chi connectivity index (χ2n) is 17.7. The molecule has 0 bridgehead atoms. The van der Waals surface area contributed by atoms with E-state index in [9.17, 15) is 9.59 Å². The number of rotatable bonds is 5. The van der Waals surface area contributed by atoms with Crippen molar-refractivity contribution in [2.75, 3.05) is 0 Å². The van der Waals surface area contributed by atoms with Gasteiger partial charge in [0, 0.05) is 40.2 Å². The van der Waals surface area contributed by atoms with Crippen LogP contribution in [-0.2, 0) is 4.79 Å². The molecule has 1 atom stereocenters. The lowest BCUT2D eigenvalue weighted by molar-refractivity contribution is -0.104. The highest BCUT2D eigenvalue weighted by Crippen LogP contribution is 2.49. The largest absolute Gasteiger partial charge is 0.335 e. The number of nitrogens with zero attached hydrogens (tertiary/aromatic N) is 4. The van der Waals surface area contributed by atoms with Crippen molar-refractivity contribution in [1.29, 1.82) is 0 Å². The van der Waals surface area contributed by atoms with Crippen LogP contribution < -0.4 is 5.73 Å². The summed E-state index contributed by atoms with van der Waals surface area (Å²) in [5.41, 5.74) is 10.6. The minimum Gasteiger partial charge on any atom is -0.335 e. The van der Waals surface area contributed by atoms with Gasteiger partial charge in [0.1, 0.15) is 0 Å². The van der Waals surface area contributed by atoms with Crippen molar-refractivity contribution >= 4 is 38.6 Å². The number of aliphatic imine (C=N–C) groups is 2. The van der Waals surface area contributed by atoms with Gasteiger partial charge in [-0.1, -0.05) is 91.0 Å². The first kappa shape index (κ1) is 46.1. The molecule has 3 aromatic rings. The Kier molecular flexibility index (Phi) is 17.5. The van der Waals surface area contributed by atoms with Gasteiger partial charge >= 0.3 is 0 Å². The monoisotopic (exact) mass is 727 g/mol. The molecule has 0 radical (unpaired) electrons. The van der Waals surface area contributed by atoms with Crippen LogP contribution in [-0.4, -0.2) is 61.0 Å². The smallest absolute Gasteiger partial charge is 0.225 e. The summed E-state index contributed by atoms with van der Waals surface area (Å²) in [6.07, 6.45) is 4.52. The van der Waals surface area contributed by atoms with Crippen LogP contribution in [0.2, 0.25) is 0 Å². The van der Waals surface area contributed by atoms with E-state index in [-0.39, 0.29) is 27.7 Å². The fourth-order valence-corrected chi connectivity index (χ4v) is 5.39. The topological polar surface area (TPSA) is 91.4 Å². The molecule has 8 heteroatoms. The third-order valence-corrected chi connectivity index (χ3v) is 8.56. The zero-order valence-corrected chi connectivity index (χ0v) is 35.6. The lowest BCUT2D eigenvalue weighted by Gasteiger charge is -2.38. The summed E-state index contributed by atoms with van der Waals surface area (Å²) in [5, 5.41) is 0. The average Bonchev–Trinajstić information content (AvgIpc) is 3.51. The van der Waals surface area contributed by atoms with Gasteiger partial charge in [0.15, 0.2) is 6.29 Å². The fraction of sp³-hybridized carbons (Fsp3) is 0.455. The molecule has 1 aliphatic heterocycles. The van der Waals surface area contributed by atoms with Crippen LogP contribution in [0.15, 0.2) is 107 Å². The molecular weight excluding hydrogens is 661 g/mol. The highest BCUT2D eigenvalue weighted by Gasteiger charge is 2.35. The molecule has 1 heterocycles. The van der Waals surface area contributed by atoms with Crippen LogP contribution in [0, 0.1) is 0 Å². The van der Waals surface area contributed by atoms with E-state index in [1.807, 2.05) is 45.2 Å². The predicted octanol–water partition coefficient (Wildman–Crippen LogP) is 10.7. The first-order valence-corrected chi connectivity index (χ1v) is 18.8. The first-order valence-electron chi connectivity index (χ1n) is 17.9. The second kappa shape index (κ2) is 19.8. The van der Waals surface area contributed by atoms with E-state index >= 15 is 0 Å². The van der Waals surface area contributed by atoms with Crippen LogP contribution in [0.5, 0.6) is 0 Å². The molecule has 7 nitrogen and oxygen atoms in total. The molecule has 4 rings (SSSR count). The number of carbonyl (C=O) groups is 2. The van der Waals surface area contributed by atoms with Crippen LogP contribution in [0.4, 0.5) is 0 Å². The molecule has 0 spiro atoms. The molecule has 3 aromatic carbocycles. The van der Waals surface area contributed by atoms with Crippen molar-refractivity contribution in [3.63, 3.8) is 0 Å². The number of hydrogen-bond donors (Lipinski definition) is 1. The summed E-state index contributed by atoms with van der Waals surface area (Å²) in [4.78, 5) is 29.9. The highest BCUT2D eigenvalue weighted by atomic mass is 31.1. The van der Waals surface area contributed by atoms with E-state index in [2.05, 4.69) is 146 Å². The Balaban J connectivity index is 0.000000379. The molecular formula is C44H66N5O2P. The predicted molar refractivity (Wildman–Crippen MR) is 228 cm³/mol.